The second kappa shape index (κ2) is 4.50. The minimum atomic E-state index is -1.32. The molecule has 0 saturated heterocycles. The Morgan fingerprint density at radius 2 is 2.00 bits per heavy atom. The number of ether oxygens (including phenoxy) is 1. The Morgan fingerprint density at radius 1 is 1.33 bits per heavy atom. The van der Waals surface area contributed by atoms with Gasteiger partial charge in [0.2, 0.25) is 0 Å². The summed E-state index contributed by atoms with van der Waals surface area (Å²) in [6.07, 6.45) is 1.72. The molecule has 0 aliphatic heterocycles. The lowest BCUT2D eigenvalue weighted by molar-refractivity contribution is 0.412. The lowest BCUT2D eigenvalue weighted by Gasteiger charge is -2.05. The van der Waals surface area contributed by atoms with Crippen LogP contribution in [-0.4, -0.2) is 20.2 Å². The molecule has 80 valence electrons. The van der Waals surface area contributed by atoms with Crippen LogP contribution in [0.4, 0.5) is 0 Å². The van der Waals surface area contributed by atoms with Crippen molar-refractivity contribution in [2.75, 3.05) is 7.11 Å². The van der Waals surface area contributed by atoms with Crippen molar-refractivity contribution in [3.05, 3.63) is 23.5 Å². The SMILES string of the molecule is COc1cnc(C)c(C#C[Si](C)(C)C)c1. The van der Waals surface area contributed by atoms with E-state index in [1.54, 1.807) is 13.3 Å². The molecule has 3 heteroatoms. The largest absolute Gasteiger partial charge is 0.495 e. The zero-order valence-corrected chi connectivity index (χ0v) is 11.0. The molecule has 2 nitrogen and oxygen atoms in total. The number of nitrogens with zero attached hydrogens (tertiary/aromatic N) is 1. The fourth-order valence-electron chi connectivity index (χ4n) is 1.01. The predicted molar refractivity (Wildman–Crippen MR) is 65.8 cm³/mol. The zero-order valence-electron chi connectivity index (χ0n) is 10.0. The quantitative estimate of drug-likeness (QED) is 0.535. The van der Waals surface area contributed by atoms with Crippen LogP contribution in [0.2, 0.25) is 19.6 Å². The first-order valence-electron chi connectivity index (χ1n) is 4.96. The maximum atomic E-state index is 5.12. The Hall–Kier alpha value is -1.27. The van der Waals surface area contributed by atoms with E-state index in [2.05, 4.69) is 36.1 Å². The van der Waals surface area contributed by atoms with E-state index in [1.807, 2.05) is 13.0 Å². The summed E-state index contributed by atoms with van der Waals surface area (Å²) in [5.41, 5.74) is 5.25. The maximum absolute atomic E-state index is 5.12. The van der Waals surface area contributed by atoms with Crippen LogP contribution in [0.1, 0.15) is 11.3 Å². The summed E-state index contributed by atoms with van der Waals surface area (Å²) >= 11 is 0. The van der Waals surface area contributed by atoms with Gasteiger partial charge in [-0.3, -0.25) is 4.98 Å². The fourth-order valence-corrected chi connectivity index (χ4v) is 1.52. The second-order valence-electron chi connectivity index (χ2n) is 4.51. The summed E-state index contributed by atoms with van der Waals surface area (Å²) in [6.45, 7) is 8.64. The van der Waals surface area contributed by atoms with Gasteiger partial charge < -0.3 is 4.74 Å². The average Bonchev–Trinajstić information content (AvgIpc) is 2.15. The molecule has 1 rings (SSSR count). The van der Waals surface area contributed by atoms with Gasteiger partial charge in [-0.1, -0.05) is 25.6 Å². The van der Waals surface area contributed by atoms with Gasteiger partial charge in [0.05, 0.1) is 19.0 Å². The number of aromatic nitrogens is 1. The van der Waals surface area contributed by atoms with Crippen molar-refractivity contribution in [3.63, 3.8) is 0 Å². The van der Waals surface area contributed by atoms with Crippen LogP contribution in [0.15, 0.2) is 12.3 Å². The molecule has 0 aliphatic carbocycles. The van der Waals surface area contributed by atoms with Crippen LogP contribution in [0, 0.1) is 18.4 Å². The van der Waals surface area contributed by atoms with E-state index in [0.29, 0.717) is 0 Å². The average molecular weight is 219 g/mol. The van der Waals surface area contributed by atoms with Gasteiger partial charge in [0.1, 0.15) is 13.8 Å². The molecule has 0 amide bonds. The molecule has 0 fully saturated rings. The summed E-state index contributed by atoms with van der Waals surface area (Å²) in [5.74, 6) is 3.96. The highest BCUT2D eigenvalue weighted by atomic mass is 28.3. The molecule has 0 unspecified atom stereocenters. The van der Waals surface area contributed by atoms with Crippen LogP contribution in [0.25, 0.3) is 0 Å². The molecule has 0 bridgehead atoms. The van der Waals surface area contributed by atoms with E-state index in [4.69, 9.17) is 4.74 Å². The van der Waals surface area contributed by atoms with E-state index >= 15 is 0 Å². The summed E-state index contributed by atoms with van der Waals surface area (Å²) in [4.78, 5) is 4.24. The van der Waals surface area contributed by atoms with E-state index in [0.717, 1.165) is 17.0 Å². The standard InChI is InChI=1S/C12H17NOSi/c1-10-11(6-7-15(3,4)5)8-12(14-2)9-13-10/h8-9H,1-5H3. The Morgan fingerprint density at radius 3 is 2.53 bits per heavy atom. The molecule has 0 saturated carbocycles. The Labute approximate surface area is 92.7 Å². The predicted octanol–water partition coefficient (Wildman–Crippen LogP) is 2.63. The molecular weight excluding hydrogens is 202 g/mol. The lowest BCUT2D eigenvalue weighted by Crippen LogP contribution is -2.16. The highest BCUT2D eigenvalue weighted by Gasteiger charge is 2.08. The maximum Gasteiger partial charge on any atom is 0.138 e. The van der Waals surface area contributed by atoms with Crippen molar-refractivity contribution >= 4 is 8.07 Å². The van der Waals surface area contributed by atoms with Crippen molar-refractivity contribution in [1.29, 1.82) is 0 Å². The third kappa shape index (κ3) is 3.76. The molecule has 15 heavy (non-hydrogen) atoms. The minimum Gasteiger partial charge on any atom is -0.495 e. The monoisotopic (exact) mass is 219 g/mol. The third-order valence-electron chi connectivity index (χ3n) is 1.87. The van der Waals surface area contributed by atoms with E-state index in [1.165, 1.54) is 0 Å². The molecular formula is C12H17NOSi. The number of hydrogen-bond acceptors (Lipinski definition) is 2. The second-order valence-corrected chi connectivity index (χ2v) is 9.26. The van der Waals surface area contributed by atoms with Crippen molar-refractivity contribution in [2.45, 2.75) is 26.6 Å². The Bertz CT molecular complexity index is 410. The third-order valence-corrected chi connectivity index (χ3v) is 2.74. The number of methoxy groups -OCH3 is 1. The zero-order chi connectivity index (χ0) is 11.5. The molecule has 0 aliphatic rings. The molecule has 1 aromatic rings. The van der Waals surface area contributed by atoms with Crippen molar-refractivity contribution in [1.82, 2.24) is 4.98 Å². The topological polar surface area (TPSA) is 22.1 Å². The van der Waals surface area contributed by atoms with Gasteiger partial charge in [0.15, 0.2) is 0 Å². The van der Waals surface area contributed by atoms with Gasteiger partial charge in [0, 0.05) is 5.56 Å². The van der Waals surface area contributed by atoms with Gasteiger partial charge in [0.25, 0.3) is 0 Å². The molecule has 0 spiro atoms. The molecule has 0 aromatic carbocycles. The normalized spacial score (nSPS) is 10.5. The number of pyridine rings is 1. The highest BCUT2D eigenvalue weighted by molar-refractivity contribution is 6.83. The van der Waals surface area contributed by atoms with E-state index < -0.39 is 8.07 Å². The van der Waals surface area contributed by atoms with Crippen LogP contribution in [0.5, 0.6) is 5.75 Å². The number of hydrogen-bond donors (Lipinski definition) is 0. The smallest absolute Gasteiger partial charge is 0.138 e. The molecule has 1 aromatic heterocycles. The van der Waals surface area contributed by atoms with Gasteiger partial charge in [-0.2, -0.15) is 0 Å². The van der Waals surface area contributed by atoms with Gasteiger partial charge in [-0.05, 0) is 13.0 Å². The minimum absolute atomic E-state index is 0.764. The first-order chi connectivity index (χ1) is 6.92. The van der Waals surface area contributed by atoms with Crippen LogP contribution < -0.4 is 4.74 Å². The first-order valence-corrected chi connectivity index (χ1v) is 8.46. The van der Waals surface area contributed by atoms with Crippen LogP contribution in [0.3, 0.4) is 0 Å². The lowest BCUT2D eigenvalue weighted by atomic mass is 10.2. The van der Waals surface area contributed by atoms with E-state index in [-0.39, 0.29) is 0 Å². The summed E-state index contributed by atoms with van der Waals surface area (Å²) in [7, 11) is 0.321. The van der Waals surface area contributed by atoms with Gasteiger partial charge >= 0.3 is 0 Å². The highest BCUT2D eigenvalue weighted by Crippen LogP contribution is 2.13. The van der Waals surface area contributed by atoms with Crippen LogP contribution in [-0.2, 0) is 0 Å². The fraction of sp³-hybridized carbons (Fsp3) is 0.417. The van der Waals surface area contributed by atoms with Crippen molar-refractivity contribution < 1.29 is 4.74 Å². The van der Waals surface area contributed by atoms with Crippen LogP contribution >= 0.6 is 0 Å². The number of aryl methyl sites for hydroxylation is 1. The number of rotatable bonds is 1. The molecule has 1 heterocycles. The first kappa shape index (κ1) is 11.8. The Balaban J connectivity index is 3.07. The van der Waals surface area contributed by atoms with Crippen molar-refractivity contribution in [2.24, 2.45) is 0 Å². The summed E-state index contributed by atoms with van der Waals surface area (Å²) in [6, 6.07) is 1.94. The molecule has 0 atom stereocenters. The Kier molecular flexibility index (Phi) is 3.54. The molecule has 0 N–H and O–H groups in total. The summed E-state index contributed by atoms with van der Waals surface area (Å²) < 4.78 is 5.12. The summed E-state index contributed by atoms with van der Waals surface area (Å²) in [5, 5.41) is 0. The van der Waals surface area contributed by atoms with Gasteiger partial charge in [-0.25, -0.2) is 0 Å². The molecule has 0 radical (unpaired) electrons. The van der Waals surface area contributed by atoms with Crippen molar-refractivity contribution in [3.8, 4) is 17.2 Å². The van der Waals surface area contributed by atoms with E-state index in [9.17, 15) is 0 Å². The van der Waals surface area contributed by atoms with Gasteiger partial charge in [-0.15, -0.1) is 5.54 Å².